The molecular weight excluding hydrogens is 392 g/mol. The van der Waals surface area contributed by atoms with Gasteiger partial charge in [-0.1, -0.05) is 18.2 Å². The lowest BCUT2D eigenvalue weighted by Crippen LogP contribution is -2.31. The van der Waals surface area contributed by atoms with Crippen LogP contribution in [0.3, 0.4) is 0 Å². The Morgan fingerprint density at radius 2 is 2.00 bits per heavy atom. The first kappa shape index (κ1) is 20.2. The topological polar surface area (TPSA) is 68.3 Å². The number of carbonyl (C=O) groups is 2. The minimum atomic E-state index is -0.462. The molecule has 2 aromatic heterocycles. The highest BCUT2D eigenvalue weighted by Gasteiger charge is 2.14. The molecule has 5 nitrogen and oxygen atoms in total. The van der Waals surface area contributed by atoms with Crippen LogP contribution in [0, 0.1) is 13.8 Å². The average Bonchev–Trinajstić information content (AvgIpc) is 3.34. The van der Waals surface area contributed by atoms with E-state index in [-0.39, 0.29) is 25.0 Å². The van der Waals surface area contributed by atoms with Crippen LogP contribution in [0.15, 0.2) is 40.4 Å². The van der Waals surface area contributed by atoms with E-state index in [1.54, 1.807) is 11.3 Å². The second-order valence-electron chi connectivity index (χ2n) is 6.63. The van der Waals surface area contributed by atoms with Crippen LogP contribution in [0.2, 0.25) is 0 Å². The molecule has 0 fully saturated rings. The average molecular weight is 415 g/mol. The van der Waals surface area contributed by atoms with Gasteiger partial charge in [0.25, 0.3) is 5.91 Å². The number of nitrogens with zero attached hydrogens (tertiary/aromatic N) is 1. The number of thiazole rings is 1. The maximum Gasteiger partial charge on any atom is 0.312 e. The minimum absolute atomic E-state index is 0.0562. The van der Waals surface area contributed by atoms with Gasteiger partial charge in [0.2, 0.25) is 0 Å². The lowest BCUT2D eigenvalue weighted by molar-refractivity contribution is -0.148. The lowest BCUT2D eigenvalue weighted by atomic mass is 10.0. The van der Waals surface area contributed by atoms with E-state index in [0.29, 0.717) is 5.69 Å². The van der Waals surface area contributed by atoms with E-state index in [2.05, 4.69) is 16.4 Å². The summed E-state index contributed by atoms with van der Waals surface area (Å²) in [6, 6.07) is 7.92. The van der Waals surface area contributed by atoms with Crippen LogP contribution in [0.1, 0.15) is 35.3 Å². The zero-order chi connectivity index (χ0) is 20.1. The lowest BCUT2D eigenvalue weighted by Gasteiger charge is -2.15. The number of esters is 1. The fraction of sp³-hybridized carbons (Fsp3) is 0.286. The molecule has 0 aliphatic carbocycles. The summed E-state index contributed by atoms with van der Waals surface area (Å²) in [5, 5.41) is 9.58. The highest BCUT2D eigenvalue weighted by atomic mass is 32.1. The van der Waals surface area contributed by atoms with Crippen LogP contribution in [-0.2, 0) is 20.7 Å². The number of nitrogens with one attached hydrogen (secondary N) is 1. The molecule has 146 valence electrons. The predicted molar refractivity (Wildman–Crippen MR) is 113 cm³/mol. The number of carbonyl (C=O) groups excluding carboxylic acids is 2. The maximum absolute atomic E-state index is 12.1. The zero-order valence-corrected chi connectivity index (χ0v) is 17.7. The number of rotatable bonds is 7. The van der Waals surface area contributed by atoms with Gasteiger partial charge in [-0.25, -0.2) is 4.98 Å². The van der Waals surface area contributed by atoms with E-state index >= 15 is 0 Å². The second kappa shape index (κ2) is 9.12. The van der Waals surface area contributed by atoms with Crippen molar-refractivity contribution in [2.24, 2.45) is 0 Å². The first-order chi connectivity index (χ1) is 13.4. The Hall–Kier alpha value is -2.51. The highest BCUT2D eigenvalue weighted by molar-refractivity contribution is 7.14. The molecule has 0 saturated heterocycles. The Morgan fingerprint density at radius 3 is 2.71 bits per heavy atom. The Labute approximate surface area is 172 Å². The summed E-state index contributed by atoms with van der Waals surface area (Å²) in [6.45, 7) is 5.70. The molecule has 1 N–H and O–H groups in total. The number of aromatic nitrogens is 1. The molecule has 1 atom stereocenters. The van der Waals surface area contributed by atoms with Crippen LogP contribution in [-0.4, -0.2) is 23.5 Å². The van der Waals surface area contributed by atoms with E-state index in [1.807, 2.05) is 55.1 Å². The second-order valence-corrected chi connectivity index (χ2v) is 8.26. The Kier molecular flexibility index (Phi) is 6.59. The highest BCUT2D eigenvalue weighted by Crippen LogP contribution is 2.25. The van der Waals surface area contributed by atoms with Crippen molar-refractivity contribution >= 4 is 34.6 Å². The minimum Gasteiger partial charge on any atom is -0.455 e. The first-order valence-corrected chi connectivity index (χ1v) is 10.7. The van der Waals surface area contributed by atoms with Gasteiger partial charge < -0.3 is 10.1 Å². The summed E-state index contributed by atoms with van der Waals surface area (Å²) in [5.41, 5.74) is 5.11. The largest absolute Gasteiger partial charge is 0.455 e. The summed E-state index contributed by atoms with van der Waals surface area (Å²) >= 11 is 3.09. The number of amides is 1. The molecule has 1 amide bonds. The summed E-state index contributed by atoms with van der Waals surface area (Å²) in [4.78, 5) is 28.6. The number of hydrogen-bond acceptors (Lipinski definition) is 6. The molecular formula is C21H22N2O3S2. The summed E-state index contributed by atoms with van der Waals surface area (Å²) < 4.78 is 5.10. The van der Waals surface area contributed by atoms with Crippen molar-refractivity contribution in [2.45, 2.75) is 33.2 Å². The monoisotopic (exact) mass is 414 g/mol. The Morgan fingerprint density at radius 1 is 1.18 bits per heavy atom. The van der Waals surface area contributed by atoms with E-state index in [1.165, 1.54) is 22.5 Å². The summed E-state index contributed by atoms with van der Waals surface area (Å²) in [6.07, 6.45) is 0.0562. The van der Waals surface area contributed by atoms with Gasteiger partial charge in [-0.15, -0.1) is 11.3 Å². The summed E-state index contributed by atoms with van der Waals surface area (Å²) in [5.74, 6) is -0.785. The predicted octanol–water partition coefficient (Wildman–Crippen LogP) is 4.45. The van der Waals surface area contributed by atoms with Crippen molar-refractivity contribution in [1.82, 2.24) is 10.3 Å². The van der Waals surface area contributed by atoms with E-state index in [4.69, 9.17) is 4.74 Å². The smallest absolute Gasteiger partial charge is 0.312 e. The number of benzene rings is 1. The van der Waals surface area contributed by atoms with Crippen molar-refractivity contribution in [3.63, 3.8) is 0 Å². The van der Waals surface area contributed by atoms with Gasteiger partial charge in [0.05, 0.1) is 18.2 Å². The number of ether oxygens (including phenoxy) is 1. The third-order valence-electron chi connectivity index (χ3n) is 4.42. The van der Waals surface area contributed by atoms with Crippen LogP contribution in [0.4, 0.5) is 0 Å². The van der Waals surface area contributed by atoms with E-state index in [9.17, 15) is 9.59 Å². The molecule has 3 aromatic rings. The van der Waals surface area contributed by atoms with Gasteiger partial charge >= 0.3 is 5.97 Å². The third-order valence-corrected chi connectivity index (χ3v) is 6.04. The van der Waals surface area contributed by atoms with Crippen molar-refractivity contribution in [2.75, 3.05) is 6.61 Å². The van der Waals surface area contributed by atoms with Gasteiger partial charge in [0, 0.05) is 16.3 Å². The third kappa shape index (κ3) is 5.27. The molecule has 0 aliphatic heterocycles. The molecule has 0 spiro atoms. The maximum atomic E-state index is 12.1. The van der Waals surface area contributed by atoms with Crippen molar-refractivity contribution in [1.29, 1.82) is 0 Å². The van der Waals surface area contributed by atoms with Crippen LogP contribution in [0.25, 0.3) is 10.6 Å². The Bertz CT molecular complexity index is 964. The fourth-order valence-electron chi connectivity index (χ4n) is 2.65. The molecule has 0 unspecified atom stereocenters. The number of hydrogen-bond donors (Lipinski definition) is 1. The zero-order valence-electron chi connectivity index (χ0n) is 16.0. The van der Waals surface area contributed by atoms with Crippen molar-refractivity contribution in [3.05, 3.63) is 62.8 Å². The quantitative estimate of drug-likeness (QED) is 0.580. The molecule has 2 heterocycles. The molecule has 0 saturated carbocycles. The van der Waals surface area contributed by atoms with Gasteiger partial charge in [-0.05, 0) is 48.9 Å². The molecule has 1 aromatic carbocycles. The molecule has 28 heavy (non-hydrogen) atoms. The van der Waals surface area contributed by atoms with Crippen molar-refractivity contribution < 1.29 is 14.3 Å². The molecule has 0 radical (unpaired) electrons. The Balaban J connectivity index is 1.46. The van der Waals surface area contributed by atoms with E-state index < -0.39 is 5.97 Å². The molecule has 0 aliphatic rings. The van der Waals surface area contributed by atoms with Gasteiger partial charge in [-0.2, -0.15) is 11.3 Å². The molecule has 3 rings (SSSR count). The number of aryl methyl sites for hydroxylation is 2. The summed E-state index contributed by atoms with van der Waals surface area (Å²) in [7, 11) is 0. The van der Waals surface area contributed by atoms with Gasteiger partial charge in [0.1, 0.15) is 5.01 Å². The van der Waals surface area contributed by atoms with Crippen LogP contribution in [0.5, 0.6) is 0 Å². The first-order valence-electron chi connectivity index (χ1n) is 8.91. The standard InChI is InChI=1S/C21H22N2O3S2/c1-13-4-5-16(8-14(13)2)15(3)22-19(24)10-26-20(25)9-18-12-28-21(23-18)17-6-7-27-11-17/h4-8,11-12,15H,9-10H2,1-3H3,(H,22,24)/t15-/m0/s1. The normalized spacial score (nSPS) is 11.8. The van der Waals surface area contributed by atoms with Crippen LogP contribution < -0.4 is 5.32 Å². The molecule has 7 heteroatoms. The number of thiophene rings is 1. The SMILES string of the molecule is Cc1ccc([C@H](C)NC(=O)COC(=O)Cc2csc(-c3ccsc3)n2)cc1C. The van der Waals surface area contributed by atoms with Gasteiger partial charge in [-0.3, -0.25) is 9.59 Å². The van der Waals surface area contributed by atoms with Crippen molar-refractivity contribution in [3.8, 4) is 10.6 Å². The fourth-order valence-corrected chi connectivity index (χ4v) is 4.18. The van der Waals surface area contributed by atoms with Gasteiger partial charge in [0.15, 0.2) is 6.61 Å². The molecule has 0 bridgehead atoms. The van der Waals surface area contributed by atoms with Crippen LogP contribution >= 0.6 is 22.7 Å². The van der Waals surface area contributed by atoms with E-state index in [0.717, 1.165) is 16.1 Å².